The molecule has 2 aromatic rings. The number of benzene rings is 1. The molecule has 0 saturated heterocycles. The molecule has 2 heterocycles. The first-order valence-electron chi connectivity index (χ1n) is 6.64. The molecule has 0 N–H and O–H groups in total. The Balaban J connectivity index is 2.21. The zero-order valence-electron chi connectivity index (χ0n) is 12.2. The fourth-order valence-corrected chi connectivity index (χ4v) is 2.96. The number of methoxy groups -OCH3 is 1. The van der Waals surface area contributed by atoms with E-state index in [4.69, 9.17) is 4.74 Å². The molecule has 3 rings (SSSR count). The maximum atomic E-state index is 12.6. The van der Waals surface area contributed by atoms with Crippen LogP contribution in [-0.2, 0) is 4.79 Å². The van der Waals surface area contributed by atoms with Crippen LogP contribution in [0.25, 0.3) is 0 Å². The highest BCUT2D eigenvalue weighted by atomic mass is 16.5. The smallest absolute Gasteiger partial charge is 0.254 e. The molecule has 0 aliphatic carbocycles. The Bertz CT molecular complexity index is 668. The first-order valence-corrected chi connectivity index (χ1v) is 6.64. The van der Waals surface area contributed by atoms with E-state index >= 15 is 0 Å². The van der Waals surface area contributed by atoms with Crippen LogP contribution in [0.15, 0.2) is 30.3 Å². The third-order valence-corrected chi connectivity index (χ3v) is 4.04. The van der Waals surface area contributed by atoms with Crippen LogP contribution in [0, 0.1) is 13.8 Å². The van der Waals surface area contributed by atoms with Gasteiger partial charge in [-0.15, -0.1) is 0 Å². The minimum atomic E-state index is -0.292. The van der Waals surface area contributed by atoms with E-state index < -0.39 is 0 Å². The predicted molar refractivity (Wildman–Crippen MR) is 78.4 cm³/mol. The van der Waals surface area contributed by atoms with Gasteiger partial charge >= 0.3 is 0 Å². The number of carbonyl (C=O) groups excluding carboxylic acids is 1. The summed E-state index contributed by atoms with van der Waals surface area (Å²) in [6.07, 6.45) is 0. The van der Waals surface area contributed by atoms with Crippen molar-refractivity contribution in [3.63, 3.8) is 0 Å². The monoisotopic (exact) mass is 270 g/mol. The Kier molecular flexibility index (Phi) is 2.82. The topological polar surface area (TPSA) is 34.5 Å². The number of hydrogen-bond donors (Lipinski definition) is 0. The van der Waals surface area contributed by atoms with Crippen molar-refractivity contribution in [2.75, 3.05) is 19.1 Å². The second kappa shape index (κ2) is 4.40. The number of aromatic nitrogens is 1. The van der Waals surface area contributed by atoms with E-state index in [-0.39, 0.29) is 11.9 Å². The first-order chi connectivity index (χ1) is 9.54. The van der Waals surface area contributed by atoms with Gasteiger partial charge in [0, 0.05) is 29.7 Å². The summed E-state index contributed by atoms with van der Waals surface area (Å²) in [5.74, 6) is 0.870. The summed E-state index contributed by atoms with van der Waals surface area (Å²) >= 11 is 0. The van der Waals surface area contributed by atoms with Crippen molar-refractivity contribution >= 4 is 11.6 Å². The van der Waals surface area contributed by atoms with Crippen LogP contribution >= 0.6 is 0 Å². The molecule has 0 spiro atoms. The average molecular weight is 270 g/mol. The maximum absolute atomic E-state index is 12.6. The van der Waals surface area contributed by atoms with Crippen molar-refractivity contribution < 1.29 is 9.53 Å². The van der Waals surface area contributed by atoms with Crippen molar-refractivity contribution in [3.05, 3.63) is 47.3 Å². The Hall–Kier alpha value is -2.23. The lowest BCUT2D eigenvalue weighted by molar-refractivity contribution is -0.119. The molecule has 1 aromatic heterocycles. The molecule has 1 aliphatic rings. The van der Waals surface area contributed by atoms with E-state index in [0.717, 1.165) is 28.4 Å². The number of rotatable bonds is 2. The van der Waals surface area contributed by atoms with Crippen molar-refractivity contribution in [1.82, 2.24) is 4.57 Å². The molecule has 1 atom stereocenters. The summed E-state index contributed by atoms with van der Waals surface area (Å²) in [6.45, 7) is 4.05. The summed E-state index contributed by atoms with van der Waals surface area (Å²) < 4.78 is 7.38. The standard InChI is InChI=1S/C16H18N2O2/c1-10-5-6-11(2)18(10)15-13-9-12(20-4)7-8-14(13)17(3)16(15)19/h5-9,15H,1-4H3. The molecule has 0 bridgehead atoms. The van der Waals surface area contributed by atoms with E-state index in [1.807, 2.05) is 51.2 Å². The third kappa shape index (κ3) is 1.64. The molecule has 1 aromatic carbocycles. The normalized spacial score (nSPS) is 17.5. The molecule has 4 heteroatoms. The lowest BCUT2D eigenvalue weighted by Crippen LogP contribution is -2.28. The van der Waals surface area contributed by atoms with Gasteiger partial charge in [-0.05, 0) is 44.2 Å². The van der Waals surface area contributed by atoms with E-state index in [1.165, 1.54) is 0 Å². The largest absolute Gasteiger partial charge is 0.497 e. The van der Waals surface area contributed by atoms with Crippen molar-refractivity contribution in [2.24, 2.45) is 0 Å². The molecule has 1 aliphatic heterocycles. The van der Waals surface area contributed by atoms with Crippen LogP contribution in [0.2, 0.25) is 0 Å². The quantitative estimate of drug-likeness (QED) is 0.841. The lowest BCUT2D eigenvalue weighted by Gasteiger charge is -2.17. The molecule has 1 amide bonds. The van der Waals surface area contributed by atoms with Gasteiger partial charge < -0.3 is 14.2 Å². The van der Waals surface area contributed by atoms with E-state index in [1.54, 1.807) is 12.0 Å². The number of nitrogens with zero attached hydrogens (tertiary/aromatic N) is 2. The van der Waals surface area contributed by atoms with Gasteiger partial charge in [0.2, 0.25) is 0 Å². The zero-order valence-corrected chi connectivity index (χ0v) is 12.2. The fraction of sp³-hybridized carbons (Fsp3) is 0.312. The highest BCUT2D eigenvalue weighted by Gasteiger charge is 2.37. The summed E-state index contributed by atoms with van der Waals surface area (Å²) in [6, 6.07) is 9.59. The number of likely N-dealkylation sites (N-methyl/N-ethyl adjacent to an activating group) is 1. The molecule has 20 heavy (non-hydrogen) atoms. The summed E-state index contributed by atoms with van der Waals surface area (Å²) in [5.41, 5.74) is 4.13. The number of carbonyl (C=O) groups is 1. The second-order valence-corrected chi connectivity index (χ2v) is 5.21. The van der Waals surface area contributed by atoms with Crippen LogP contribution in [0.5, 0.6) is 5.75 Å². The number of fused-ring (bicyclic) bond motifs is 1. The molecule has 0 fully saturated rings. The summed E-state index contributed by atoms with van der Waals surface area (Å²) in [7, 11) is 3.46. The minimum Gasteiger partial charge on any atom is -0.497 e. The molecule has 104 valence electrons. The first kappa shape index (κ1) is 12.8. The van der Waals surface area contributed by atoms with Crippen LogP contribution in [0.3, 0.4) is 0 Å². The molecule has 1 unspecified atom stereocenters. The Morgan fingerprint density at radius 3 is 2.35 bits per heavy atom. The van der Waals surface area contributed by atoms with Gasteiger partial charge in [-0.1, -0.05) is 0 Å². The van der Waals surface area contributed by atoms with E-state index in [9.17, 15) is 4.79 Å². The third-order valence-electron chi connectivity index (χ3n) is 4.04. The molecule has 4 nitrogen and oxygen atoms in total. The van der Waals surface area contributed by atoms with Crippen LogP contribution in [0.4, 0.5) is 5.69 Å². The molecular formula is C16H18N2O2. The van der Waals surface area contributed by atoms with Gasteiger partial charge in [0.05, 0.1) is 7.11 Å². The number of hydrogen-bond acceptors (Lipinski definition) is 2. The SMILES string of the molecule is COc1ccc2c(c1)C(n1c(C)ccc1C)C(=O)N2C. The van der Waals surface area contributed by atoms with Gasteiger partial charge in [-0.3, -0.25) is 4.79 Å². The number of aryl methyl sites for hydroxylation is 2. The van der Waals surface area contributed by atoms with Crippen molar-refractivity contribution in [3.8, 4) is 5.75 Å². The summed E-state index contributed by atoms with van der Waals surface area (Å²) in [5, 5.41) is 0. The number of ether oxygens (including phenoxy) is 1. The Labute approximate surface area is 118 Å². The summed E-state index contributed by atoms with van der Waals surface area (Å²) in [4.78, 5) is 14.3. The second-order valence-electron chi connectivity index (χ2n) is 5.21. The molecular weight excluding hydrogens is 252 g/mol. The fourth-order valence-electron chi connectivity index (χ4n) is 2.96. The lowest BCUT2D eigenvalue weighted by atomic mass is 10.1. The molecule has 0 saturated carbocycles. The van der Waals surface area contributed by atoms with Gasteiger partial charge in [0.15, 0.2) is 0 Å². The van der Waals surface area contributed by atoms with E-state index in [0.29, 0.717) is 0 Å². The van der Waals surface area contributed by atoms with Crippen LogP contribution < -0.4 is 9.64 Å². The number of anilines is 1. The van der Waals surface area contributed by atoms with E-state index in [2.05, 4.69) is 4.57 Å². The number of amides is 1. The van der Waals surface area contributed by atoms with Gasteiger partial charge in [-0.25, -0.2) is 0 Å². The Morgan fingerprint density at radius 2 is 1.75 bits per heavy atom. The van der Waals surface area contributed by atoms with Crippen LogP contribution in [0.1, 0.15) is 23.0 Å². The predicted octanol–water partition coefficient (Wildman–Crippen LogP) is 2.68. The van der Waals surface area contributed by atoms with Gasteiger partial charge in [0.25, 0.3) is 5.91 Å². The van der Waals surface area contributed by atoms with Crippen molar-refractivity contribution in [2.45, 2.75) is 19.9 Å². The van der Waals surface area contributed by atoms with Gasteiger partial charge in [-0.2, -0.15) is 0 Å². The van der Waals surface area contributed by atoms with Gasteiger partial charge in [0.1, 0.15) is 11.8 Å². The highest BCUT2D eigenvalue weighted by molar-refractivity contribution is 6.04. The zero-order chi connectivity index (χ0) is 14.4. The van der Waals surface area contributed by atoms with Crippen molar-refractivity contribution in [1.29, 1.82) is 0 Å². The minimum absolute atomic E-state index is 0.0932. The maximum Gasteiger partial charge on any atom is 0.254 e. The average Bonchev–Trinajstić information content (AvgIpc) is 2.89. The Morgan fingerprint density at radius 1 is 1.10 bits per heavy atom. The van der Waals surface area contributed by atoms with Crippen LogP contribution in [-0.4, -0.2) is 24.6 Å². The molecule has 0 radical (unpaired) electrons. The highest BCUT2D eigenvalue weighted by Crippen LogP contribution is 2.40.